The molecule has 1 fully saturated rings. The summed E-state index contributed by atoms with van der Waals surface area (Å²) in [6.07, 6.45) is 1.14. The van der Waals surface area contributed by atoms with Crippen LogP contribution >= 0.6 is 11.6 Å². The second-order valence-electron chi connectivity index (χ2n) is 5.02. The summed E-state index contributed by atoms with van der Waals surface area (Å²) in [4.78, 5) is 14.1. The van der Waals surface area contributed by atoms with Crippen LogP contribution in [0.15, 0.2) is 41.0 Å². The monoisotopic (exact) mass is 309 g/mol. The van der Waals surface area contributed by atoms with Gasteiger partial charge in [0.05, 0.1) is 24.0 Å². The Morgan fingerprint density at radius 3 is 2.67 bits per heavy atom. The highest BCUT2D eigenvalue weighted by molar-refractivity contribution is 6.32. The first-order valence-electron chi connectivity index (χ1n) is 6.53. The Kier molecular flexibility index (Phi) is 3.69. The lowest BCUT2D eigenvalue weighted by Crippen LogP contribution is -2.31. The van der Waals surface area contributed by atoms with Gasteiger partial charge in [-0.15, -0.1) is 0 Å². The fraction of sp³-hybridized carbons (Fsp3) is 0.267. The van der Waals surface area contributed by atoms with E-state index >= 15 is 0 Å². The summed E-state index contributed by atoms with van der Waals surface area (Å²) in [6, 6.07) is 7.11. The number of β-amino-alcohol motifs (C(OH)–C–C–N with tert-alkyl or cyclic N) is 1. The van der Waals surface area contributed by atoms with Crippen molar-refractivity contribution in [1.29, 1.82) is 0 Å². The Hall–Kier alpha value is -1.85. The molecule has 110 valence electrons. The molecular weight excluding hydrogens is 297 g/mol. The number of aliphatic hydroxyl groups is 1. The summed E-state index contributed by atoms with van der Waals surface area (Å²) < 4.78 is 18.0. The van der Waals surface area contributed by atoms with E-state index in [-0.39, 0.29) is 35.1 Å². The number of hydrogen-bond acceptors (Lipinski definition) is 3. The fourth-order valence-corrected chi connectivity index (χ4v) is 2.84. The molecule has 1 N–H and O–H groups in total. The first kappa shape index (κ1) is 14.1. The first-order valence-corrected chi connectivity index (χ1v) is 6.91. The summed E-state index contributed by atoms with van der Waals surface area (Å²) >= 11 is 5.84. The Morgan fingerprint density at radius 2 is 2.05 bits per heavy atom. The smallest absolute Gasteiger partial charge is 0.259 e. The van der Waals surface area contributed by atoms with E-state index in [1.807, 2.05) is 0 Å². The highest BCUT2D eigenvalue weighted by Gasteiger charge is 2.36. The van der Waals surface area contributed by atoms with Crippen molar-refractivity contribution in [3.8, 4) is 0 Å². The first-order chi connectivity index (χ1) is 10.1. The van der Waals surface area contributed by atoms with Crippen molar-refractivity contribution in [2.75, 3.05) is 6.54 Å². The molecule has 1 aromatic carbocycles. The summed E-state index contributed by atoms with van der Waals surface area (Å²) in [5, 5.41) is 9.90. The van der Waals surface area contributed by atoms with Crippen LogP contribution < -0.4 is 0 Å². The number of amides is 1. The third kappa shape index (κ3) is 2.66. The number of nitrogens with zero attached hydrogens (tertiary/aromatic N) is 1. The largest absolute Gasteiger partial charge is 0.452 e. The molecule has 3 rings (SSSR count). The molecule has 1 aliphatic rings. The standard InChI is InChI=1S/C15H13ClFNO3/c16-14-12(5-6-21-14)15(20)18-8-11(19)7-13(18)9-1-3-10(17)4-2-9/h1-6,11,13,19H,7-8H2/t11-,13+/m1/s1. The van der Waals surface area contributed by atoms with E-state index in [9.17, 15) is 14.3 Å². The molecule has 6 heteroatoms. The SMILES string of the molecule is O=C(c1ccoc1Cl)N1C[C@H](O)C[C@H]1c1ccc(F)cc1. The van der Waals surface area contributed by atoms with Gasteiger partial charge in [0.2, 0.25) is 5.22 Å². The van der Waals surface area contributed by atoms with Crippen molar-refractivity contribution >= 4 is 17.5 Å². The number of carbonyl (C=O) groups excluding carboxylic acids is 1. The molecule has 0 saturated carbocycles. The van der Waals surface area contributed by atoms with E-state index in [0.29, 0.717) is 6.42 Å². The molecule has 1 saturated heterocycles. The van der Waals surface area contributed by atoms with E-state index < -0.39 is 6.10 Å². The maximum absolute atomic E-state index is 13.0. The predicted molar refractivity (Wildman–Crippen MR) is 74.5 cm³/mol. The molecule has 4 nitrogen and oxygen atoms in total. The molecule has 0 bridgehead atoms. The van der Waals surface area contributed by atoms with E-state index in [1.54, 1.807) is 12.1 Å². The average Bonchev–Trinajstić information content (AvgIpc) is 3.05. The van der Waals surface area contributed by atoms with E-state index in [4.69, 9.17) is 16.0 Å². The molecule has 0 radical (unpaired) electrons. The number of halogens is 2. The lowest BCUT2D eigenvalue weighted by molar-refractivity contribution is 0.0715. The summed E-state index contributed by atoms with van der Waals surface area (Å²) in [7, 11) is 0. The number of furan rings is 1. The van der Waals surface area contributed by atoms with E-state index in [2.05, 4.69) is 0 Å². The molecule has 2 aromatic rings. The number of benzene rings is 1. The Labute approximate surface area is 125 Å². The van der Waals surface area contributed by atoms with E-state index in [0.717, 1.165) is 5.56 Å². The van der Waals surface area contributed by atoms with Crippen LogP contribution in [0.4, 0.5) is 4.39 Å². The second-order valence-corrected chi connectivity index (χ2v) is 5.37. The molecule has 0 aliphatic carbocycles. The third-order valence-electron chi connectivity index (χ3n) is 3.64. The molecule has 2 atom stereocenters. The molecule has 21 heavy (non-hydrogen) atoms. The lowest BCUT2D eigenvalue weighted by Gasteiger charge is -2.24. The van der Waals surface area contributed by atoms with Gasteiger partial charge in [0.1, 0.15) is 5.82 Å². The predicted octanol–water partition coefficient (Wildman–Crippen LogP) is 3.02. The summed E-state index contributed by atoms with van der Waals surface area (Å²) in [5.74, 6) is -0.646. The highest BCUT2D eigenvalue weighted by atomic mass is 35.5. The van der Waals surface area contributed by atoms with Crippen molar-refractivity contribution in [3.63, 3.8) is 0 Å². The van der Waals surface area contributed by atoms with Crippen molar-refractivity contribution in [2.24, 2.45) is 0 Å². The minimum absolute atomic E-state index is 0.0271. The van der Waals surface area contributed by atoms with Crippen LogP contribution in [0.3, 0.4) is 0 Å². The van der Waals surface area contributed by atoms with Crippen molar-refractivity contribution in [2.45, 2.75) is 18.6 Å². The number of likely N-dealkylation sites (tertiary alicyclic amines) is 1. The van der Waals surface area contributed by atoms with Gasteiger partial charge in [0, 0.05) is 6.54 Å². The zero-order valence-corrected chi connectivity index (χ0v) is 11.8. The van der Waals surface area contributed by atoms with Gasteiger partial charge < -0.3 is 14.4 Å². The minimum atomic E-state index is -0.616. The van der Waals surface area contributed by atoms with Crippen LogP contribution in [0.2, 0.25) is 5.22 Å². The van der Waals surface area contributed by atoms with Crippen molar-refractivity contribution < 1.29 is 18.7 Å². The zero-order chi connectivity index (χ0) is 15.0. The average molecular weight is 310 g/mol. The van der Waals surface area contributed by atoms with Crippen LogP contribution in [-0.4, -0.2) is 28.6 Å². The Balaban J connectivity index is 1.91. The van der Waals surface area contributed by atoms with Crippen LogP contribution in [-0.2, 0) is 0 Å². The van der Waals surface area contributed by atoms with Crippen molar-refractivity contribution in [1.82, 2.24) is 4.90 Å². The topological polar surface area (TPSA) is 53.7 Å². The quantitative estimate of drug-likeness (QED) is 0.927. The molecule has 0 unspecified atom stereocenters. The minimum Gasteiger partial charge on any atom is -0.452 e. The maximum atomic E-state index is 13.0. The van der Waals surface area contributed by atoms with Gasteiger partial charge in [0.15, 0.2) is 0 Å². The molecule has 1 aliphatic heterocycles. The normalized spacial score (nSPS) is 21.8. The highest BCUT2D eigenvalue weighted by Crippen LogP contribution is 2.34. The van der Waals surface area contributed by atoms with Crippen molar-refractivity contribution in [3.05, 3.63) is 58.8 Å². The summed E-state index contributed by atoms with van der Waals surface area (Å²) in [6.45, 7) is 0.211. The van der Waals surface area contributed by atoms with Gasteiger partial charge in [-0.3, -0.25) is 4.79 Å². The van der Waals surface area contributed by atoms with Gasteiger partial charge >= 0.3 is 0 Å². The van der Waals surface area contributed by atoms with Crippen LogP contribution in [0, 0.1) is 5.82 Å². The molecule has 1 amide bonds. The molecule has 1 aromatic heterocycles. The Morgan fingerprint density at radius 1 is 1.33 bits per heavy atom. The molecular formula is C15H13ClFNO3. The molecule has 0 spiro atoms. The number of hydrogen-bond donors (Lipinski definition) is 1. The Bertz CT molecular complexity index is 655. The van der Waals surface area contributed by atoms with Gasteiger partial charge in [-0.05, 0) is 41.8 Å². The lowest BCUT2D eigenvalue weighted by atomic mass is 10.0. The third-order valence-corrected chi connectivity index (χ3v) is 3.94. The number of aliphatic hydroxyl groups excluding tert-OH is 1. The number of carbonyl (C=O) groups is 1. The van der Waals surface area contributed by atoms with Gasteiger partial charge in [-0.1, -0.05) is 12.1 Å². The number of rotatable bonds is 2. The maximum Gasteiger partial charge on any atom is 0.259 e. The molecule has 2 heterocycles. The summed E-state index contributed by atoms with van der Waals surface area (Å²) in [5.41, 5.74) is 1.04. The second kappa shape index (κ2) is 5.50. The fourth-order valence-electron chi connectivity index (χ4n) is 2.64. The van der Waals surface area contributed by atoms with Gasteiger partial charge in [-0.2, -0.15) is 0 Å². The van der Waals surface area contributed by atoms with E-state index in [1.165, 1.54) is 29.4 Å². The zero-order valence-electron chi connectivity index (χ0n) is 11.0. The van der Waals surface area contributed by atoms with Gasteiger partial charge in [-0.25, -0.2) is 4.39 Å². The van der Waals surface area contributed by atoms with Crippen LogP contribution in [0.1, 0.15) is 28.4 Å². The van der Waals surface area contributed by atoms with Gasteiger partial charge in [0.25, 0.3) is 5.91 Å². The van der Waals surface area contributed by atoms with Crippen LogP contribution in [0.25, 0.3) is 0 Å². The van der Waals surface area contributed by atoms with Crippen LogP contribution in [0.5, 0.6) is 0 Å².